The maximum absolute atomic E-state index is 13.1. The van der Waals surface area contributed by atoms with Crippen LogP contribution in [0.4, 0.5) is 4.39 Å². The number of hydrogen-bond donors (Lipinski definition) is 2. The van der Waals surface area contributed by atoms with Gasteiger partial charge in [0.05, 0.1) is 7.11 Å². The number of carbonyl (C=O) groups is 1. The average molecular weight is 320 g/mol. The lowest BCUT2D eigenvalue weighted by Gasteiger charge is -2.11. The summed E-state index contributed by atoms with van der Waals surface area (Å²) in [6.07, 6.45) is 0. The summed E-state index contributed by atoms with van der Waals surface area (Å²) in [4.78, 5) is 11.5. The Bertz CT molecular complexity index is 591. The number of rotatable bonds is 8. The van der Waals surface area contributed by atoms with E-state index < -0.39 is 27.7 Å². The average Bonchev–Trinajstić information content (AvgIpc) is 2.45. The van der Waals surface area contributed by atoms with Crippen LogP contribution in [0.15, 0.2) is 18.2 Å². The summed E-state index contributed by atoms with van der Waals surface area (Å²) >= 11 is 0. The molecule has 0 aliphatic heterocycles. The maximum Gasteiger partial charge on any atom is 0.341 e. The van der Waals surface area contributed by atoms with Crippen molar-refractivity contribution in [3.05, 3.63) is 29.6 Å². The number of carbonyl (C=O) groups excluding carboxylic acids is 1. The number of esters is 1. The summed E-state index contributed by atoms with van der Waals surface area (Å²) in [6, 6.07) is 3.15. The highest BCUT2D eigenvalue weighted by Crippen LogP contribution is 2.20. The molecule has 0 amide bonds. The molecule has 0 aromatic heterocycles. The van der Waals surface area contributed by atoms with Crippen molar-refractivity contribution in [3.63, 3.8) is 0 Å². The van der Waals surface area contributed by atoms with Gasteiger partial charge in [-0.15, -0.1) is 0 Å². The minimum Gasteiger partial charge on any atom is -0.475 e. The number of methoxy groups -OCH3 is 1. The Morgan fingerprint density at radius 3 is 2.67 bits per heavy atom. The van der Waals surface area contributed by atoms with Gasteiger partial charge in [0.15, 0.2) is 0 Å². The lowest BCUT2D eigenvalue weighted by atomic mass is 10.2. The summed E-state index contributed by atoms with van der Waals surface area (Å²) < 4.78 is 48.3. The van der Waals surface area contributed by atoms with Crippen molar-refractivity contribution in [1.29, 1.82) is 0 Å². The van der Waals surface area contributed by atoms with Crippen molar-refractivity contribution >= 4 is 16.0 Å². The molecule has 0 unspecified atom stereocenters. The predicted molar refractivity (Wildman–Crippen MR) is 74.1 cm³/mol. The first-order valence-corrected chi connectivity index (χ1v) is 7.67. The van der Waals surface area contributed by atoms with E-state index in [1.54, 1.807) is 7.05 Å². The number of benzene rings is 1. The topological polar surface area (TPSA) is 93.7 Å². The van der Waals surface area contributed by atoms with Crippen LogP contribution in [-0.4, -0.2) is 47.6 Å². The predicted octanol–water partition coefficient (Wildman–Crippen LogP) is 0.0874. The summed E-state index contributed by atoms with van der Waals surface area (Å²) in [5, 5.41) is 2.78. The minimum absolute atomic E-state index is 0.0674. The molecule has 0 bridgehead atoms. The Morgan fingerprint density at radius 1 is 1.33 bits per heavy atom. The lowest BCUT2D eigenvalue weighted by Crippen LogP contribution is -2.33. The van der Waals surface area contributed by atoms with E-state index in [9.17, 15) is 17.6 Å². The van der Waals surface area contributed by atoms with Crippen molar-refractivity contribution in [1.82, 2.24) is 10.0 Å². The summed E-state index contributed by atoms with van der Waals surface area (Å²) in [7, 11) is -0.851. The van der Waals surface area contributed by atoms with Gasteiger partial charge in [-0.05, 0) is 25.2 Å². The van der Waals surface area contributed by atoms with Gasteiger partial charge in [-0.2, -0.15) is 0 Å². The van der Waals surface area contributed by atoms with Crippen LogP contribution in [0.2, 0.25) is 0 Å². The highest BCUT2D eigenvalue weighted by molar-refractivity contribution is 7.89. The SMILES string of the molecule is CNCCNS(=O)(=O)COc1ccc(F)cc1C(=O)OC. The fourth-order valence-corrected chi connectivity index (χ4v) is 2.19. The molecule has 0 spiro atoms. The normalized spacial score (nSPS) is 11.2. The monoisotopic (exact) mass is 320 g/mol. The van der Waals surface area contributed by atoms with Crippen molar-refractivity contribution in [2.75, 3.05) is 33.2 Å². The van der Waals surface area contributed by atoms with Crippen molar-refractivity contribution in [3.8, 4) is 5.75 Å². The fraction of sp³-hybridized carbons (Fsp3) is 0.417. The van der Waals surface area contributed by atoms with E-state index in [0.717, 1.165) is 19.2 Å². The second-order valence-corrected chi connectivity index (χ2v) is 5.76. The molecule has 0 radical (unpaired) electrons. The van der Waals surface area contributed by atoms with E-state index in [2.05, 4.69) is 14.8 Å². The Labute approximate surface area is 122 Å². The quantitative estimate of drug-likeness (QED) is 0.521. The smallest absolute Gasteiger partial charge is 0.341 e. The number of ether oxygens (including phenoxy) is 2. The van der Waals surface area contributed by atoms with Crippen LogP contribution in [0.25, 0.3) is 0 Å². The van der Waals surface area contributed by atoms with Crippen LogP contribution in [-0.2, 0) is 14.8 Å². The number of likely N-dealkylation sites (N-methyl/N-ethyl adjacent to an activating group) is 1. The van der Waals surface area contributed by atoms with Crippen LogP contribution in [0.5, 0.6) is 5.75 Å². The molecule has 7 nitrogen and oxygen atoms in total. The summed E-state index contributed by atoms with van der Waals surface area (Å²) in [5.74, 6) is -2.23. The third-order valence-electron chi connectivity index (χ3n) is 2.41. The van der Waals surface area contributed by atoms with Gasteiger partial charge in [-0.3, -0.25) is 0 Å². The largest absolute Gasteiger partial charge is 0.475 e. The Balaban J connectivity index is 2.77. The van der Waals surface area contributed by atoms with E-state index in [4.69, 9.17) is 4.74 Å². The van der Waals surface area contributed by atoms with Gasteiger partial charge in [0, 0.05) is 13.1 Å². The van der Waals surface area contributed by atoms with Crippen LogP contribution in [0.1, 0.15) is 10.4 Å². The molecule has 0 heterocycles. The zero-order chi connectivity index (χ0) is 15.9. The van der Waals surface area contributed by atoms with Crippen LogP contribution >= 0.6 is 0 Å². The van der Waals surface area contributed by atoms with E-state index in [1.807, 2.05) is 0 Å². The molecule has 0 aliphatic rings. The van der Waals surface area contributed by atoms with Gasteiger partial charge >= 0.3 is 5.97 Å². The molecule has 2 N–H and O–H groups in total. The molecule has 1 aromatic rings. The summed E-state index contributed by atoms with van der Waals surface area (Å²) in [6.45, 7) is 0.665. The van der Waals surface area contributed by atoms with Crippen molar-refractivity contribution in [2.24, 2.45) is 0 Å². The Hall–Kier alpha value is -1.71. The second-order valence-electron chi connectivity index (χ2n) is 4.01. The molecular weight excluding hydrogens is 303 g/mol. The van der Waals surface area contributed by atoms with Gasteiger partial charge in [0.25, 0.3) is 0 Å². The highest BCUT2D eigenvalue weighted by atomic mass is 32.2. The number of hydrogen-bond acceptors (Lipinski definition) is 6. The number of nitrogens with one attached hydrogen (secondary N) is 2. The third-order valence-corrected chi connectivity index (χ3v) is 3.49. The third kappa shape index (κ3) is 5.66. The highest BCUT2D eigenvalue weighted by Gasteiger charge is 2.17. The molecule has 0 aliphatic carbocycles. The number of halogens is 1. The van der Waals surface area contributed by atoms with Crippen molar-refractivity contribution < 1.29 is 27.1 Å². The first kappa shape index (κ1) is 17.3. The van der Waals surface area contributed by atoms with E-state index in [0.29, 0.717) is 6.54 Å². The zero-order valence-corrected chi connectivity index (χ0v) is 12.5. The van der Waals surface area contributed by atoms with Crippen molar-refractivity contribution in [2.45, 2.75) is 0 Å². The Morgan fingerprint density at radius 2 is 2.05 bits per heavy atom. The minimum atomic E-state index is -3.67. The fourth-order valence-electron chi connectivity index (χ4n) is 1.41. The van der Waals surface area contributed by atoms with Gasteiger partial charge in [-0.25, -0.2) is 22.3 Å². The lowest BCUT2D eigenvalue weighted by molar-refractivity contribution is 0.0596. The molecule has 0 saturated carbocycles. The van der Waals surface area contributed by atoms with E-state index >= 15 is 0 Å². The van der Waals surface area contributed by atoms with Crippen LogP contribution in [0, 0.1) is 5.82 Å². The maximum atomic E-state index is 13.1. The Kier molecular flexibility index (Phi) is 6.53. The first-order chi connectivity index (χ1) is 9.89. The first-order valence-electron chi connectivity index (χ1n) is 6.02. The molecule has 0 saturated heterocycles. The standard InChI is InChI=1S/C12H17FN2O5S/c1-14-5-6-15-21(17,18)8-20-11-4-3-9(13)7-10(11)12(16)19-2/h3-4,7,14-15H,5-6,8H2,1-2H3. The van der Waals surface area contributed by atoms with Gasteiger partial charge < -0.3 is 14.8 Å². The molecule has 0 fully saturated rings. The molecule has 21 heavy (non-hydrogen) atoms. The van der Waals surface area contributed by atoms with Gasteiger partial charge in [0.2, 0.25) is 16.0 Å². The molecule has 0 atom stereocenters. The van der Waals surface area contributed by atoms with Crippen LogP contribution < -0.4 is 14.8 Å². The second kappa shape index (κ2) is 7.91. The van der Waals surface area contributed by atoms with Gasteiger partial charge in [-0.1, -0.05) is 0 Å². The van der Waals surface area contributed by atoms with Crippen LogP contribution in [0.3, 0.4) is 0 Å². The summed E-state index contributed by atoms with van der Waals surface area (Å²) in [5.41, 5.74) is -0.178. The number of sulfonamides is 1. The van der Waals surface area contributed by atoms with E-state index in [1.165, 1.54) is 6.07 Å². The molecule has 118 valence electrons. The molecule has 1 aromatic carbocycles. The zero-order valence-electron chi connectivity index (χ0n) is 11.7. The van der Waals surface area contributed by atoms with E-state index in [-0.39, 0.29) is 17.9 Å². The molecule has 1 rings (SSSR count). The van der Waals surface area contributed by atoms with Gasteiger partial charge in [0.1, 0.15) is 17.1 Å². The molecular formula is C12H17FN2O5S. The molecule has 9 heteroatoms.